The van der Waals surface area contributed by atoms with Crippen LogP contribution in [-0.2, 0) is 21.4 Å². The van der Waals surface area contributed by atoms with Crippen LogP contribution in [-0.4, -0.2) is 32.8 Å². The van der Waals surface area contributed by atoms with Gasteiger partial charge in [0, 0.05) is 31.6 Å². The van der Waals surface area contributed by atoms with Gasteiger partial charge in [-0.25, -0.2) is 13.1 Å². The molecule has 0 fully saturated rings. The van der Waals surface area contributed by atoms with Crippen molar-refractivity contribution in [2.45, 2.75) is 17.9 Å². The van der Waals surface area contributed by atoms with Crippen LogP contribution in [0.1, 0.15) is 12.0 Å². The zero-order chi connectivity index (χ0) is 20.1. The van der Waals surface area contributed by atoms with Crippen molar-refractivity contribution < 1.29 is 13.2 Å². The molecule has 1 amide bonds. The van der Waals surface area contributed by atoms with Crippen molar-refractivity contribution >= 4 is 38.3 Å². The minimum absolute atomic E-state index is 0.0356. The summed E-state index contributed by atoms with van der Waals surface area (Å²) in [5.41, 5.74) is 0.917. The van der Waals surface area contributed by atoms with Crippen LogP contribution >= 0.6 is 11.6 Å². The highest BCUT2D eigenvalue weighted by molar-refractivity contribution is 7.89. The maximum Gasteiger partial charge on any atom is 0.240 e. The molecule has 0 saturated carbocycles. The number of fused-ring (bicyclic) bond motifs is 1. The molecule has 5 nitrogen and oxygen atoms in total. The second-order valence-corrected chi connectivity index (χ2v) is 8.74. The van der Waals surface area contributed by atoms with E-state index in [-0.39, 0.29) is 23.8 Å². The molecule has 0 aromatic heterocycles. The number of nitrogens with one attached hydrogen (secondary N) is 1. The Hall–Kier alpha value is -2.41. The van der Waals surface area contributed by atoms with Crippen LogP contribution in [0.15, 0.2) is 71.6 Å². The standard InChI is InChI=1S/C21H21ClN2O3S/c1-24(15-16-5-4-8-19(22)13-16)21(25)11-12-23-28(26,27)20-10-9-17-6-2-3-7-18(17)14-20/h2-10,13-14,23H,11-12,15H2,1H3. The fraction of sp³-hybridized carbons (Fsp3) is 0.190. The van der Waals surface area contributed by atoms with E-state index in [0.29, 0.717) is 11.6 Å². The molecule has 3 aromatic carbocycles. The van der Waals surface area contributed by atoms with Crippen LogP contribution in [0.25, 0.3) is 10.8 Å². The molecule has 3 rings (SSSR count). The SMILES string of the molecule is CN(Cc1cccc(Cl)c1)C(=O)CCNS(=O)(=O)c1ccc2ccccc2c1. The lowest BCUT2D eigenvalue weighted by atomic mass is 10.1. The molecule has 0 aliphatic rings. The predicted molar refractivity (Wildman–Crippen MR) is 112 cm³/mol. The first-order valence-corrected chi connectivity index (χ1v) is 10.7. The summed E-state index contributed by atoms with van der Waals surface area (Å²) >= 11 is 5.96. The number of hydrogen-bond donors (Lipinski definition) is 1. The zero-order valence-electron chi connectivity index (χ0n) is 15.4. The molecule has 1 N–H and O–H groups in total. The molecule has 0 aliphatic heterocycles. The normalized spacial score (nSPS) is 11.5. The molecule has 28 heavy (non-hydrogen) atoms. The molecule has 0 radical (unpaired) electrons. The van der Waals surface area contributed by atoms with Crippen LogP contribution in [0.3, 0.4) is 0 Å². The molecule has 0 atom stereocenters. The quantitative estimate of drug-likeness (QED) is 0.636. The second kappa shape index (κ2) is 8.73. The number of benzene rings is 3. The van der Waals surface area contributed by atoms with E-state index in [1.807, 2.05) is 36.4 Å². The highest BCUT2D eigenvalue weighted by Gasteiger charge is 2.16. The van der Waals surface area contributed by atoms with E-state index >= 15 is 0 Å². The van der Waals surface area contributed by atoms with Gasteiger partial charge in [-0.3, -0.25) is 4.79 Å². The van der Waals surface area contributed by atoms with E-state index in [1.54, 1.807) is 42.3 Å². The number of carbonyl (C=O) groups is 1. The van der Waals surface area contributed by atoms with Crippen LogP contribution in [0.2, 0.25) is 5.02 Å². The predicted octanol–water partition coefficient (Wildman–Crippen LogP) is 3.82. The van der Waals surface area contributed by atoms with Crippen molar-refractivity contribution in [3.8, 4) is 0 Å². The van der Waals surface area contributed by atoms with Gasteiger partial charge in [0.2, 0.25) is 15.9 Å². The smallest absolute Gasteiger partial charge is 0.240 e. The summed E-state index contributed by atoms with van der Waals surface area (Å²) in [6.07, 6.45) is 0.0733. The summed E-state index contributed by atoms with van der Waals surface area (Å²) in [6.45, 7) is 0.449. The molecule has 7 heteroatoms. The molecule has 0 unspecified atom stereocenters. The monoisotopic (exact) mass is 416 g/mol. The van der Waals surface area contributed by atoms with Gasteiger partial charge < -0.3 is 4.90 Å². The van der Waals surface area contributed by atoms with Crippen molar-refractivity contribution in [3.63, 3.8) is 0 Å². The average molecular weight is 417 g/mol. The van der Waals surface area contributed by atoms with Gasteiger partial charge in [-0.05, 0) is 40.6 Å². The third-order valence-corrected chi connectivity index (χ3v) is 6.09. The number of amides is 1. The summed E-state index contributed by atoms with van der Waals surface area (Å²) in [4.78, 5) is 14.0. The van der Waals surface area contributed by atoms with E-state index in [1.165, 1.54) is 0 Å². The van der Waals surface area contributed by atoms with Gasteiger partial charge >= 0.3 is 0 Å². The molecule has 146 valence electrons. The summed E-state index contributed by atoms with van der Waals surface area (Å²) in [5.74, 6) is -0.152. The van der Waals surface area contributed by atoms with Crippen LogP contribution < -0.4 is 4.72 Å². The lowest BCUT2D eigenvalue weighted by molar-refractivity contribution is -0.130. The Morgan fingerprint density at radius 2 is 1.75 bits per heavy atom. The summed E-state index contributed by atoms with van der Waals surface area (Å²) < 4.78 is 27.5. The van der Waals surface area contributed by atoms with E-state index in [2.05, 4.69) is 4.72 Å². The first-order valence-electron chi connectivity index (χ1n) is 8.82. The third kappa shape index (κ3) is 5.10. The van der Waals surface area contributed by atoms with Gasteiger partial charge in [0.15, 0.2) is 0 Å². The second-order valence-electron chi connectivity index (χ2n) is 6.54. The molecular formula is C21H21ClN2O3S. The number of sulfonamides is 1. The first-order chi connectivity index (χ1) is 13.3. The van der Waals surface area contributed by atoms with E-state index < -0.39 is 10.0 Å². The molecular weight excluding hydrogens is 396 g/mol. The average Bonchev–Trinajstić information content (AvgIpc) is 2.67. The van der Waals surface area contributed by atoms with Crippen LogP contribution in [0.4, 0.5) is 0 Å². The number of hydrogen-bond acceptors (Lipinski definition) is 3. The first kappa shape index (κ1) is 20.3. The Balaban J connectivity index is 1.57. The lowest BCUT2D eigenvalue weighted by Crippen LogP contribution is -2.31. The Morgan fingerprint density at radius 1 is 1.00 bits per heavy atom. The van der Waals surface area contributed by atoms with Crippen molar-refractivity contribution in [2.75, 3.05) is 13.6 Å². The van der Waals surface area contributed by atoms with Gasteiger partial charge in [-0.1, -0.05) is 54.1 Å². The van der Waals surface area contributed by atoms with Crippen molar-refractivity contribution in [1.82, 2.24) is 9.62 Å². The maximum atomic E-state index is 12.5. The third-order valence-electron chi connectivity index (χ3n) is 4.40. The summed E-state index contributed by atoms with van der Waals surface area (Å²) in [7, 11) is -1.99. The van der Waals surface area contributed by atoms with Crippen molar-refractivity contribution in [1.29, 1.82) is 0 Å². The van der Waals surface area contributed by atoms with Crippen molar-refractivity contribution in [2.24, 2.45) is 0 Å². The zero-order valence-corrected chi connectivity index (χ0v) is 17.0. The molecule has 0 heterocycles. The number of rotatable bonds is 7. The fourth-order valence-corrected chi connectivity index (χ4v) is 4.18. The minimum Gasteiger partial charge on any atom is -0.341 e. The lowest BCUT2D eigenvalue weighted by Gasteiger charge is -2.17. The number of halogens is 1. The van der Waals surface area contributed by atoms with Gasteiger partial charge in [-0.15, -0.1) is 0 Å². The molecule has 0 spiro atoms. The molecule has 3 aromatic rings. The highest BCUT2D eigenvalue weighted by atomic mass is 35.5. The Labute approximate surface area is 170 Å². The van der Waals surface area contributed by atoms with Crippen molar-refractivity contribution in [3.05, 3.63) is 77.3 Å². The van der Waals surface area contributed by atoms with Gasteiger partial charge in [0.05, 0.1) is 4.90 Å². The minimum atomic E-state index is -3.68. The van der Waals surface area contributed by atoms with Gasteiger partial charge in [0.1, 0.15) is 0 Å². The summed E-state index contributed by atoms with van der Waals surface area (Å²) in [6, 6.07) is 19.8. The van der Waals surface area contributed by atoms with Crippen LogP contribution in [0, 0.1) is 0 Å². The van der Waals surface area contributed by atoms with E-state index in [9.17, 15) is 13.2 Å². The van der Waals surface area contributed by atoms with E-state index in [0.717, 1.165) is 16.3 Å². The fourth-order valence-electron chi connectivity index (χ4n) is 2.90. The molecule has 0 aliphatic carbocycles. The number of carbonyl (C=O) groups excluding carboxylic acids is 1. The molecule has 0 bridgehead atoms. The topological polar surface area (TPSA) is 66.5 Å². The highest BCUT2D eigenvalue weighted by Crippen LogP contribution is 2.19. The Bertz CT molecular complexity index is 1100. The Kier molecular flexibility index (Phi) is 6.34. The Morgan fingerprint density at radius 3 is 2.50 bits per heavy atom. The van der Waals surface area contributed by atoms with Gasteiger partial charge in [0.25, 0.3) is 0 Å². The van der Waals surface area contributed by atoms with Crippen LogP contribution in [0.5, 0.6) is 0 Å². The maximum absolute atomic E-state index is 12.5. The summed E-state index contributed by atoms with van der Waals surface area (Å²) in [5, 5.41) is 2.43. The molecule has 0 saturated heterocycles. The largest absolute Gasteiger partial charge is 0.341 e. The number of nitrogens with zero attached hydrogens (tertiary/aromatic N) is 1. The van der Waals surface area contributed by atoms with Gasteiger partial charge in [-0.2, -0.15) is 0 Å². The van der Waals surface area contributed by atoms with E-state index in [4.69, 9.17) is 11.6 Å².